The molecule has 29 N–H and O–H groups in total. The molecule has 44 heteroatoms. The number of nitrogens with zero attached hydrogens (tertiary/aromatic N) is 8. The molecule has 44 nitrogen and oxygen atoms in total. The standard InChI is InChI=1S/C50H48N10O34/c1-92-35-31(66)27(62)25(28(63)32(35)67)59-23-19(21(53-59)37(51)70)45(80,81)49(88,89)57(39(23)72)16-6-2-14(3-7-16)55-12-44(79,42(75,76)10-18(55)61)94-13-93-36-33(68)29(64)26(30(65)34(36)69)60-24-20(22(54-60)38(52)71)46(82,83)50(90,91)58(40(24)73)17-8-4-15(5-9-17)56-11-43(77,78)48(86,87)47(84,85)41(56)74/h2-9,62-69,75-91H,10-13H2,1H3,(H2,51,70)(H2,52,71). The Hall–Kier alpha value is -10.6. The number of β-amino-alcohol motifs (C(OH)–C–C–N with tert-alkyl or cyclic N) is 3. The van der Waals surface area contributed by atoms with Crippen molar-refractivity contribution < 1.29 is 171 Å². The highest BCUT2D eigenvalue weighted by Crippen LogP contribution is 2.57. The van der Waals surface area contributed by atoms with Gasteiger partial charge in [0.15, 0.2) is 52.6 Å². The predicted octanol–water partition coefficient (Wildman–Crippen LogP) is -10.7. The molecular formula is C50H48N10O34. The van der Waals surface area contributed by atoms with Gasteiger partial charge in [0, 0.05) is 22.7 Å². The zero-order valence-electron chi connectivity index (χ0n) is 46.5. The van der Waals surface area contributed by atoms with Crippen LogP contribution in [-0.2, 0) is 25.9 Å². The first-order chi connectivity index (χ1) is 43.2. The zero-order chi connectivity index (χ0) is 70.2. The lowest BCUT2D eigenvalue weighted by Crippen LogP contribution is -2.80. The number of fused-ring (bicyclic) bond motifs is 2. The summed E-state index contributed by atoms with van der Waals surface area (Å²) >= 11 is 0. The van der Waals surface area contributed by atoms with Crippen LogP contribution in [-0.4, -0.2) is 250 Å². The van der Waals surface area contributed by atoms with Gasteiger partial charge in [0.2, 0.25) is 57.8 Å². The van der Waals surface area contributed by atoms with Crippen LogP contribution in [0, 0.1) is 0 Å². The summed E-state index contributed by atoms with van der Waals surface area (Å²) in [5.74, 6) is -62.4. The number of methoxy groups -OCH3 is 1. The second-order valence-corrected chi connectivity index (χ2v) is 21.2. The molecule has 0 spiro atoms. The molecule has 94 heavy (non-hydrogen) atoms. The number of piperidine rings is 2. The minimum Gasteiger partial charge on any atom is -0.503 e. The third-order valence-corrected chi connectivity index (χ3v) is 15.6. The fourth-order valence-corrected chi connectivity index (χ4v) is 10.6. The Balaban J connectivity index is 0.930. The average molecular weight is 1330 g/mol. The van der Waals surface area contributed by atoms with Crippen LogP contribution in [0.2, 0.25) is 0 Å². The summed E-state index contributed by atoms with van der Waals surface area (Å²) in [6.07, 6.45) is -1.50. The third-order valence-electron chi connectivity index (χ3n) is 15.6. The summed E-state index contributed by atoms with van der Waals surface area (Å²) in [6.45, 7) is -4.54. The van der Waals surface area contributed by atoms with Crippen molar-refractivity contribution in [3.63, 3.8) is 0 Å². The highest BCUT2D eigenvalue weighted by atomic mass is 16.8. The van der Waals surface area contributed by atoms with Crippen LogP contribution in [0.25, 0.3) is 11.4 Å². The maximum Gasteiger partial charge on any atom is 0.315 e. The van der Waals surface area contributed by atoms with Crippen molar-refractivity contribution in [2.24, 2.45) is 11.5 Å². The van der Waals surface area contributed by atoms with Crippen LogP contribution in [0.15, 0.2) is 48.5 Å². The summed E-state index contributed by atoms with van der Waals surface area (Å²) in [6, 6.07) is 5.73. The second kappa shape index (κ2) is 20.7. The number of rotatable bonds is 13. The molecule has 10 rings (SSSR count). The van der Waals surface area contributed by atoms with E-state index in [4.69, 9.17) is 25.7 Å². The molecule has 4 aliphatic rings. The number of carbonyl (C=O) groups is 6. The largest absolute Gasteiger partial charge is 0.503 e. The molecule has 1 unspecified atom stereocenters. The van der Waals surface area contributed by atoms with E-state index in [1.54, 1.807) is 0 Å². The number of aliphatic hydroxyl groups is 17. The lowest BCUT2D eigenvalue weighted by Gasteiger charge is -2.49. The predicted molar refractivity (Wildman–Crippen MR) is 287 cm³/mol. The van der Waals surface area contributed by atoms with E-state index in [-0.39, 0.29) is 24.1 Å². The van der Waals surface area contributed by atoms with E-state index < -0.39 is 240 Å². The lowest BCUT2D eigenvalue weighted by molar-refractivity contribution is -0.440. The van der Waals surface area contributed by atoms with Gasteiger partial charge in [-0.15, -0.1) is 0 Å². The van der Waals surface area contributed by atoms with Gasteiger partial charge >= 0.3 is 17.6 Å². The van der Waals surface area contributed by atoms with E-state index in [1.807, 2.05) is 0 Å². The average Bonchev–Trinajstić information content (AvgIpc) is 1.46. The minimum absolute atomic E-state index is 0.0485. The van der Waals surface area contributed by atoms with Crippen LogP contribution in [0.5, 0.6) is 57.5 Å². The number of phenols is 8. The maximum atomic E-state index is 14.5. The molecule has 0 saturated carbocycles. The Kier molecular flexibility index (Phi) is 14.6. The first kappa shape index (κ1) is 66.3. The van der Waals surface area contributed by atoms with Crippen LogP contribution in [0.4, 0.5) is 22.7 Å². The number of benzene rings is 4. The van der Waals surface area contributed by atoms with Crippen LogP contribution < -0.4 is 40.5 Å². The van der Waals surface area contributed by atoms with Gasteiger partial charge in [-0.05, 0) is 48.5 Å². The molecule has 6 amide bonds. The van der Waals surface area contributed by atoms with Crippen molar-refractivity contribution in [2.75, 3.05) is 46.6 Å². The van der Waals surface area contributed by atoms with Gasteiger partial charge in [-0.2, -0.15) is 10.2 Å². The first-order valence-electron chi connectivity index (χ1n) is 25.7. The Bertz CT molecular complexity index is 4230. The molecule has 2 fully saturated rings. The van der Waals surface area contributed by atoms with Crippen molar-refractivity contribution in [3.8, 4) is 68.9 Å². The number of nitrogens with two attached hydrogens (primary N) is 2. The van der Waals surface area contributed by atoms with Crippen molar-refractivity contribution in [1.82, 2.24) is 19.6 Å². The highest BCUT2D eigenvalue weighted by molar-refractivity contribution is 6.13. The highest BCUT2D eigenvalue weighted by Gasteiger charge is 2.71. The number of primary amides is 2. The van der Waals surface area contributed by atoms with E-state index in [2.05, 4.69) is 10.2 Å². The third kappa shape index (κ3) is 8.81. The number of carbonyl (C=O) groups excluding carboxylic acids is 6. The van der Waals surface area contributed by atoms with Gasteiger partial charge in [-0.25, -0.2) is 19.2 Å². The smallest absolute Gasteiger partial charge is 0.315 e. The van der Waals surface area contributed by atoms with Crippen LogP contribution in [0.1, 0.15) is 59.5 Å². The normalized spacial score (nSPS) is 21.2. The molecule has 1 atom stereocenters. The number of hydrogen-bond acceptors (Lipinski definition) is 36. The fourth-order valence-electron chi connectivity index (χ4n) is 10.6. The molecule has 502 valence electrons. The molecule has 0 aliphatic carbocycles. The number of anilines is 4. The molecule has 4 aliphatic heterocycles. The molecule has 0 radical (unpaired) electrons. The first-order valence-corrected chi connectivity index (χ1v) is 25.7. The van der Waals surface area contributed by atoms with Crippen LogP contribution >= 0.6 is 0 Å². The zero-order valence-corrected chi connectivity index (χ0v) is 46.5. The number of aromatic hydroxyl groups is 8. The van der Waals surface area contributed by atoms with Crippen molar-refractivity contribution in [1.29, 1.82) is 0 Å². The van der Waals surface area contributed by atoms with Gasteiger partial charge in [-0.3, -0.25) is 28.8 Å². The van der Waals surface area contributed by atoms with E-state index in [0.717, 1.165) is 31.4 Å². The van der Waals surface area contributed by atoms with Crippen molar-refractivity contribution >= 4 is 58.2 Å². The Morgan fingerprint density at radius 1 is 0.489 bits per heavy atom. The number of ether oxygens (including phenoxy) is 3. The summed E-state index contributed by atoms with van der Waals surface area (Å²) in [7, 11) is 0.868. The van der Waals surface area contributed by atoms with E-state index in [1.165, 1.54) is 0 Å². The van der Waals surface area contributed by atoms with Gasteiger partial charge < -0.3 is 163 Å². The Labute approximate surface area is 515 Å². The van der Waals surface area contributed by atoms with E-state index in [0.29, 0.717) is 29.2 Å². The van der Waals surface area contributed by atoms with Gasteiger partial charge in [0.05, 0.1) is 37.7 Å². The van der Waals surface area contributed by atoms with Gasteiger partial charge in [-0.1, -0.05) is 0 Å². The van der Waals surface area contributed by atoms with Gasteiger partial charge in [0.1, 0.15) is 11.4 Å². The molecule has 6 heterocycles. The number of amides is 6. The summed E-state index contributed by atoms with van der Waals surface area (Å²) in [5.41, 5.74) is -3.48. The minimum atomic E-state index is -4.37. The molecule has 2 aromatic heterocycles. The quantitative estimate of drug-likeness (QED) is 0.0290. The van der Waals surface area contributed by atoms with Crippen molar-refractivity contribution in [2.45, 2.75) is 58.8 Å². The Morgan fingerprint density at radius 3 is 1.22 bits per heavy atom. The maximum absolute atomic E-state index is 14.5. The number of phenolic OH excluding ortho intramolecular Hbond substituents is 8. The summed E-state index contributed by atoms with van der Waals surface area (Å²) in [5, 5.41) is 280. The van der Waals surface area contributed by atoms with E-state index >= 15 is 0 Å². The molecule has 6 aromatic rings. The fraction of sp³-hybridized carbons (Fsp3) is 0.280. The Morgan fingerprint density at radius 2 is 0.851 bits per heavy atom. The van der Waals surface area contributed by atoms with Crippen LogP contribution in [0.3, 0.4) is 0 Å². The lowest BCUT2D eigenvalue weighted by atomic mass is 9.89. The molecule has 0 bridgehead atoms. The molecule has 2 saturated heterocycles. The number of hydrogen-bond donors (Lipinski definition) is 27. The topological polar surface area (TPSA) is 737 Å². The number of aromatic nitrogens is 4. The molecular weight excluding hydrogens is 1280 g/mol. The SMILES string of the molecule is COc1c(O)c(O)c(-n2nc(C(N)=O)c3c2C(=O)N(c2ccc(N4CC(O)(OCOc5c(O)c(O)c(-n6nc(C(N)=O)c7c6C(=O)N(c6ccc(N8CC(O)(O)C(O)(O)C(O)(O)C8=O)cc6)C(O)(O)C7(O)O)c(O)c5O)C(O)(O)CC4=O)cc2)C(O)(O)C3(O)O)c(O)c1O. The van der Waals surface area contributed by atoms with E-state index in [9.17, 15) is 156 Å². The van der Waals surface area contributed by atoms with Crippen molar-refractivity contribution in [3.05, 3.63) is 82.4 Å². The van der Waals surface area contributed by atoms with Gasteiger partial charge in [0.25, 0.3) is 46.9 Å². The second-order valence-electron chi connectivity index (χ2n) is 21.2. The summed E-state index contributed by atoms with van der Waals surface area (Å²) < 4.78 is 15.0. The summed E-state index contributed by atoms with van der Waals surface area (Å²) in [4.78, 5) is 80.8. The molecule has 4 aromatic carbocycles. The monoisotopic (exact) mass is 1330 g/mol.